The molecule has 2 aromatic rings. The van der Waals surface area contributed by atoms with Gasteiger partial charge in [0, 0.05) is 17.3 Å². The first-order chi connectivity index (χ1) is 9.97. The van der Waals surface area contributed by atoms with Gasteiger partial charge in [0.15, 0.2) is 0 Å². The molecule has 0 spiro atoms. The molecule has 2 N–H and O–H groups in total. The maximum atomic E-state index is 12.5. The fraction of sp³-hybridized carbons (Fsp3) is 0.200. The van der Waals surface area contributed by atoms with Gasteiger partial charge < -0.3 is 5.32 Å². The van der Waals surface area contributed by atoms with Crippen LogP contribution in [0, 0.1) is 6.92 Å². The lowest BCUT2D eigenvalue weighted by Gasteiger charge is -2.12. The molecule has 6 heteroatoms. The minimum Gasteiger partial charge on any atom is -0.384 e. The monoisotopic (exact) mass is 322 g/mol. The molecule has 21 heavy (non-hydrogen) atoms. The molecule has 1 aliphatic rings. The first-order valence-electron chi connectivity index (χ1n) is 6.62. The minimum atomic E-state index is -3.61. The van der Waals surface area contributed by atoms with Gasteiger partial charge in [0.2, 0.25) is 0 Å². The molecule has 0 fully saturated rings. The fourth-order valence-corrected chi connectivity index (χ4v) is 3.72. The Morgan fingerprint density at radius 3 is 2.86 bits per heavy atom. The number of hydrogen-bond donors (Lipinski definition) is 2. The summed E-state index contributed by atoms with van der Waals surface area (Å²) in [7, 11) is -3.61. The van der Waals surface area contributed by atoms with Crippen LogP contribution in [0.5, 0.6) is 0 Å². The predicted molar refractivity (Wildman–Crippen MR) is 85.6 cm³/mol. The van der Waals surface area contributed by atoms with Crippen LogP contribution in [0.2, 0.25) is 5.02 Å². The molecule has 0 aliphatic carbocycles. The number of hydrogen-bond acceptors (Lipinski definition) is 3. The Balaban J connectivity index is 1.96. The molecule has 0 amide bonds. The van der Waals surface area contributed by atoms with Crippen molar-refractivity contribution < 1.29 is 8.42 Å². The summed E-state index contributed by atoms with van der Waals surface area (Å²) in [4.78, 5) is 0.268. The number of benzene rings is 2. The van der Waals surface area contributed by atoms with E-state index in [9.17, 15) is 8.42 Å². The van der Waals surface area contributed by atoms with Crippen LogP contribution in [0.4, 0.5) is 11.4 Å². The van der Waals surface area contributed by atoms with Crippen molar-refractivity contribution in [2.75, 3.05) is 16.6 Å². The molecule has 0 bridgehead atoms. The molecule has 0 atom stereocenters. The van der Waals surface area contributed by atoms with Crippen LogP contribution in [0.15, 0.2) is 41.3 Å². The summed E-state index contributed by atoms with van der Waals surface area (Å²) in [5, 5.41) is 3.75. The lowest BCUT2D eigenvalue weighted by Crippen LogP contribution is -2.14. The van der Waals surface area contributed by atoms with Crippen LogP contribution < -0.4 is 10.0 Å². The topological polar surface area (TPSA) is 58.2 Å². The van der Waals surface area contributed by atoms with Crippen molar-refractivity contribution in [1.29, 1.82) is 0 Å². The Bertz CT molecular complexity index is 803. The highest BCUT2D eigenvalue weighted by atomic mass is 35.5. The van der Waals surface area contributed by atoms with Crippen LogP contribution in [0.25, 0.3) is 0 Å². The van der Waals surface area contributed by atoms with Crippen molar-refractivity contribution >= 4 is 33.0 Å². The van der Waals surface area contributed by atoms with Crippen molar-refractivity contribution in [3.05, 3.63) is 52.5 Å². The van der Waals surface area contributed by atoms with Crippen LogP contribution in [0.1, 0.15) is 11.1 Å². The van der Waals surface area contributed by atoms with Crippen molar-refractivity contribution in [2.45, 2.75) is 18.2 Å². The van der Waals surface area contributed by atoms with E-state index in [0.717, 1.165) is 24.2 Å². The molecule has 0 radical (unpaired) electrons. The van der Waals surface area contributed by atoms with E-state index in [0.29, 0.717) is 16.3 Å². The number of halogens is 1. The van der Waals surface area contributed by atoms with E-state index in [-0.39, 0.29) is 4.90 Å². The van der Waals surface area contributed by atoms with Gasteiger partial charge in [-0.05, 0) is 54.8 Å². The molecule has 0 saturated carbocycles. The van der Waals surface area contributed by atoms with Crippen LogP contribution in [0.3, 0.4) is 0 Å². The Labute approximate surface area is 129 Å². The third-order valence-electron chi connectivity index (χ3n) is 3.61. The van der Waals surface area contributed by atoms with E-state index in [4.69, 9.17) is 11.6 Å². The van der Waals surface area contributed by atoms with Gasteiger partial charge in [0.1, 0.15) is 0 Å². The van der Waals surface area contributed by atoms with E-state index in [2.05, 4.69) is 10.0 Å². The SMILES string of the molecule is Cc1c(Cl)cccc1NS(=O)(=O)c1ccc2c(c1)CCN2. The predicted octanol–water partition coefficient (Wildman–Crippen LogP) is 3.42. The summed E-state index contributed by atoms with van der Waals surface area (Å²) >= 11 is 6.02. The number of rotatable bonds is 3. The zero-order valence-corrected chi connectivity index (χ0v) is 13.1. The summed E-state index contributed by atoms with van der Waals surface area (Å²) in [6, 6.07) is 10.3. The third-order valence-corrected chi connectivity index (χ3v) is 5.38. The Hall–Kier alpha value is -1.72. The van der Waals surface area contributed by atoms with Gasteiger partial charge >= 0.3 is 0 Å². The van der Waals surface area contributed by atoms with Crippen molar-refractivity contribution in [3.63, 3.8) is 0 Å². The van der Waals surface area contributed by atoms with Gasteiger partial charge in [-0.2, -0.15) is 0 Å². The molecule has 3 rings (SSSR count). The van der Waals surface area contributed by atoms with Gasteiger partial charge in [-0.1, -0.05) is 17.7 Å². The summed E-state index contributed by atoms with van der Waals surface area (Å²) in [5.41, 5.74) is 3.25. The molecule has 0 unspecified atom stereocenters. The second kappa shape index (κ2) is 5.24. The van der Waals surface area contributed by atoms with E-state index in [1.807, 2.05) is 6.07 Å². The Morgan fingerprint density at radius 2 is 2.05 bits per heavy atom. The quantitative estimate of drug-likeness (QED) is 0.910. The van der Waals surface area contributed by atoms with Gasteiger partial charge in [0.25, 0.3) is 10.0 Å². The molecular weight excluding hydrogens is 308 g/mol. The zero-order chi connectivity index (χ0) is 15.0. The Kier molecular flexibility index (Phi) is 3.55. The standard InChI is InChI=1S/C15H15ClN2O2S/c1-10-13(16)3-2-4-14(10)18-21(19,20)12-5-6-15-11(9-12)7-8-17-15/h2-6,9,17-18H,7-8H2,1H3. The van der Waals surface area contributed by atoms with Crippen LogP contribution in [-0.4, -0.2) is 15.0 Å². The van der Waals surface area contributed by atoms with Gasteiger partial charge in [-0.3, -0.25) is 4.72 Å². The molecule has 0 aromatic heterocycles. The number of anilines is 2. The first kappa shape index (κ1) is 14.2. The molecule has 1 heterocycles. The van der Waals surface area contributed by atoms with E-state index in [1.165, 1.54) is 0 Å². The molecule has 110 valence electrons. The number of fused-ring (bicyclic) bond motifs is 1. The van der Waals surface area contributed by atoms with Gasteiger partial charge in [-0.15, -0.1) is 0 Å². The molecule has 4 nitrogen and oxygen atoms in total. The summed E-state index contributed by atoms with van der Waals surface area (Å²) in [6.45, 7) is 2.63. The molecule has 2 aromatic carbocycles. The van der Waals surface area contributed by atoms with Crippen LogP contribution in [-0.2, 0) is 16.4 Å². The average Bonchev–Trinajstić information content (AvgIpc) is 2.91. The normalized spacial score (nSPS) is 13.6. The number of sulfonamides is 1. The van der Waals surface area contributed by atoms with E-state index < -0.39 is 10.0 Å². The van der Waals surface area contributed by atoms with Gasteiger partial charge in [0.05, 0.1) is 10.6 Å². The average molecular weight is 323 g/mol. The second-order valence-corrected chi connectivity index (χ2v) is 7.10. The van der Waals surface area contributed by atoms with E-state index >= 15 is 0 Å². The summed E-state index contributed by atoms with van der Waals surface area (Å²) in [6.07, 6.45) is 0.842. The third kappa shape index (κ3) is 2.71. The van der Waals surface area contributed by atoms with Crippen LogP contribution >= 0.6 is 11.6 Å². The van der Waals surface area contributed by atoms with E-state index in [1.54, 1.807) is 37.3 Å². The molecule has 1 aliphatic heterocycles. The maximum absolute atomic E-state index is 12.5. The van der Waals surface area contributed by atoms with Crippen molar-refractivity contribution in [2.24, 2.45) is 0 Å². The summed E-state index contributed by atoms with van der Waals surface area (Å²) in [5.74, 6) is 0. The first-order valence-corrected chi connectivity index (χ1v) is 8.48. The number of nitrogens with one attached hydrogen (secondary N) is 2. The highest BCUT2D eigenvalue weighted by Crippen LogP contribution is 2.28. The maximum Gasteiger partial charge on any atom is 0.261 e. The lowest BCUT2D eigenvalue weighted by atomic mass is 10.2. The summed E-state index contributed by atoms with van der Waals surface area (Å²) < 4.78 is 27.6. The lowest BCUT2D eigenvalue weighted by molar-refractivity contribution is 0.601. The minimum absolute atomic E-state index is 0.268. The highest BCUT2D eigenvalue weighted by molar-refractivity contribution is 7.92. The molecular formula is C15H15ClN2O2S. The fourth-order valence-electron chi connectivity index (χ4n) is 2.37. The highest BCUT2D eigenvalue weighted by Gasteiger charge is 2.19. The van der Waals surface area contributed by atoms with Crippen molar-refractivity contribution in [1.82, 2.24) is 0 Å². The smallest absolute Gasteiger partial charge is 0.261 e. The molecule has 0 saturated heterocycles. The Morgan fingerprint density at radius 1 is 1.24 bits per heavy atom. The largest absolute Gasteiger partial charge is 0.384 e. The second-order valence-electron chi connectivity index (χ2n) is 5.01. The van der Waals surface area contributed by atoms with Crippen molar-refractivity contribution in [3.8, 4) is 0 Å². The zero-order valence-electron chi connectivity index (χ0n) is 11.5. The van der Waals surface area contributed by atoms with Gasteiger partial charge in [-0.25, -0.2) is 8.42 Å².